The van der Waals surface area contributed by atoms with Gasteiger partial charge in [-0.15, -0.1) is 0 Å². The van der Waals surface area contributed by atoms with Crippen molar-refractivity contribution in [2.24, 2.45) is 5.92 Å². The summed E-state index contributed by atoms with van der Waals surface area (Å²) in [5, 5.41) is 8.15. The van der Waals surface area contributed by atoms with E-state index in [1.807, 2.05) is 4.57 Å². The number of aromatic amines is 1. The molecule has 5 heteroatoms. The van der Waals surface area contributed by atoms with Gasteiger partial charge in [0.25, 0.3) is 0 Å². The number of hydrogen-bond acceptors (Lipinski definition) is 3. The minimum atomic E-state index is 0.349. The predicted molar refractivity (Wildman–Crippen MR) is 73.7 cm³/mol. The summed E-state index contributed by atoms with van der Waals surface area (Å²) in [5.74, 6) is 0.678. The maximum Gasteiger partial charge on any atom is 0.223 e. The van der Waals surface area contributed by atoms with Gasteiger partial charge in [0.05, 0.1) is 12.0 Å². The van der Waals surface area contributed by atoms with Gasteiger partial charge in [-0.3, -0.25) is 9.98 Å². The van der Waals surface area contributed by atoms with Crippen LogP contribution in [0.5, 0.6) is 0 Å². The number of aromatic nitrogens is 4. The Bertz CT molecular complexity index is 618. The molecule has 1 fully saturated rings. The number of rotatable bonds is 3. The molecule has 2 aromatic heterocycles. The summed E-state index contributed by atoms with van der Waals surface area (Å²) in [5.41, 5.74) is 3.18. The molecular weight excluding hydrogens is 238 g/mol. The van der Waals surface area contributed by atoms with Crippen LogP contribution in [-0.4, -0.2) is 19.5 Å². The highest BCUT2D eigenvalue weighted by molar-refractivity contribution is 5.72. The molecule has 5 nitrogen and oxygen atoms in total. The van der Waals surface area contributed by atoms with Crippen molar-refractivity contribution in [3.05, 3.63) is 17.6 Å². The van der Waals surface area contributed by atoms with Gasteiger partial charge in [0, 0.05) is 6.54 Å². The fourth-order valence-electron chi connectivity index (χ4n) is 3.11. The highest BCUT2D eigenvalue weighted by atomic mass is 15.1. The SMILES string of the molecule is CCc1nc(=N)n(CC2CCCCC2)c2nc[nH]c12. The van der Waals surface area contributed by atoms with Crippen molar-refractivity contribution in [3.63, 3.8) is 0 Å². The first-order valence-electron chi connectivity index (χ1n) is 7.27. The van der Waals surface area contributed by atoms with E-state index in [0.717, 1.165) is 29.8 Å². The molecule has 0 spiro atoms. The fraction of sp³-hybridized carbons (Fsp3) is 0.643. The smallest absolute Gasteiger partial charge is 0.223 e. The Kier molecular flexibility index (Phi) is 3.36. The summed E-state index contributed by atoms with van der Waals surface area (Å²) in [6.07, 6.45) is 9.09. The molecule has 19 heavy (non-hydrogen) atoms. The van der Waals surface area contributed by atoms with E-state index in [9.17, 15) is 0 Å². The van der Waals surface area contributed by atoms with Gasteiger partial charge in [0.2, 0.25) is 5.62 Å². The summed E-state index contributed by atoms with van der Waals surface area (Å²) in [6, 6.07) is 0. The van der Waals surface area contributed by atoms with Crippen LogP contribution in [-0.2, 0) is 13.0 Å². The zero-order valence-corrected chi connectivity index (χ0v) is 11.4. The van der Waals surface area contributed by atoms with E-state index in [1.54, 1.807) is 6.33 Å². The molecule has 1 aliphatic rings. The van der Waals surface area contributed by atoms with E-state index >= 15 is 0 Å². The summed E-state index contributed by atoms with van der Waals surface area (Å²) in [6.45, 7) is 2.95. The van der Waals surface area contributed by atoms with Crippen molar-refractivity contribution >= 4 is 11.2 Å². The first-order chi connectivity index (χ1) is 9.29. The lowest BCUT2D eigenvalue weighted by molar-refractivity contribution is 0.316. The topological polar surface area (TPSA) is 70.3 Å². The number of H-pyrrole nitrogens is 1. The summed E-state index contributed by atoms with van der Waals surface area (Å²) in [4.78, 5) is 12.0. The van der Waals surface area contributed by atoms with Crippen LogP contribution in [0.1, 0.15) is 44.7 Å². The molecule has 2 heterocycles. The van der Waals surface area contributed by atoms with Crippen molar-refractivity contribution in [2.45, 2.75) is 52.0 Å². The average Bonchev–Trinajstić information content (AvgIpc) is 2.92. The number of fused-ring (bicyclic) bond motifs is 1. The van der Waals surface area contributed by atoms with E-state index in [4.69, 9.17) is 5.41 Å². The van der Waals surface area contributed by atoms with Gasteiger partial charge in [0.15, 0.2) is 5.65 Å². The summed E-state index contributed by atoms with van der Waals surface area (Å²) < 4.78 is 1.97. The average molecular weight is 259 g/mol. The lowest BCUT2D eigenvalue weighted by Crippen LogP contribution is -2.29. The Morgan fingerprint density at radius 2 is 2.16 bits per heavy atom. The molecular formula is C14H21N5. The molecule has 1 aliphatic carbocycles. The number of imidazole rings is 1. The monoisotopic (exact) mass is 259 g/mol. The van der Waals surface area contributed by atoms with E-state index in [0.29, 0.717) is 11.5 Å². The van der Waals surface area contributed by atoms with Crippen molar-refractivity contribution in [1.82, 2.24) is 19.5 Å². The number of hydrogen-bond donors (Lipinski definition) is 2. The molecule has 0 saturated heterocycles. The van der Waals surface area contributed by atoms with Gasteiger partial charge >= 0.3 is 0 Å². The normalized spacial score (nSPS) is 17.1. The Hall–Kier alpha value is -1.65. The van der Waals surface area contributed by atoms with Crippen LogP contribution in [0.3, 0.4) is 0 Å². The molecule has 0 atom stereocenters. The minimum absolute atomic E-state index is 0.349. The third-order valence-electron chi connectivity index (χ3n) is 4.16. The molecule has 102 valence electrons. The second kappa shape index (κ2) is 5.15. The summed E-state index contributed by atoms with van der Waals surface area (Å²) >= 11 is 0. The minimum Gasteiger partial charge on any atom is -0.342 e. The van der Waals surface area contributed by atoms with Crippen LogP contribution in [0.4, 0.5) is 0 Å². The highest BCUT2D eigenvalue weighted by Crippen LogP contribution is 2.25. The molecule has 0 aromatic carbocycles. The van der Waals surface area contributed by atoms with Gasteiger partial charge in [-0.2, -0.15) is 0 Å². The maximum absolute atomic E-state index is 8.15. The lowest BCUT2D eigenvalue weighted by atomic mass is 9.89. The molecule has 0 bridgehead atoms. The second-order valence-electron chi connectivity index (χ2n) is 5.45. The van der Waals surface area contributed by atoms with Crippen molar-refractivity contribution in [2.75, 3.05) is 0 Å². The number of nitrogens with zero attached hydrogens (tertiary/aromatic N) is 3. The molecule has 3 rings (SSSR count). The third kappa shape index (κ3) is 2.29. The van der Waals surface area contributed by atoms with Gasteiger partial charge in [-0.25, -0.2) is 9.97 Å². The van der Waals surface area contributed by atoms with Gasteiger partial charge in [0.1, 0.15) is 5.52 Å². The van der Waals surface area contributed by atoms with Gasteiger partial charge in [-0.05, 0) is 25.2 Å². The van der Waals surface area contributed by atoms with Gasteiger partial charge in [-0.1, -0.05) is 26.2 Å². The number of nitrogens with one attached hydrogen (secondary N) is 2. The first-order valence-corrected chi connectivity index (χ1v) is 7.27. The van der Waals surface area contributed by atoms with E-state index in [2.05, 4.69) is 21.9 Å². The van der Waals surface area contributed by atoms with Crippen LogP contribution < -0.4 is 5.62 Å². The lowest BCUT2D eigenvalue weighted by Gasteiger charge is -2.22. The molecule has 2 aromatic rings. The van der Waals surface area contributed by atoms with Crippen LogP contribution in [0.2, 0.25) is 0 Å². The van der Waals surface area contributed by atoms with Crippen molar-refractivity contribution in [3.8, 4) is 0 Å². The van der Waals surface area contributed by atoms with E-state index < -0.39 is 0 Å². The third-order valence-corrected chi connectivity index (χ3v) is 4.16. The van der Waals surface area contributed by atoms with E-state index in [1.165, 1.54) is 32.1 Å². The molecule has 2 N–H and O–H groups in total. The zero-order chi connectivity index (χ0) is 13.2. The highest BCUT2D eigenvalue weighted by Gasteiger charge is 2.17. The maximum atomic E-state index is 8.15. The Balaban J connectivity index is 2.00. The van der Waals surface area contributed by atoms with Gasteiger partial charge < -0.3 is 4.98 Å². The molecule has 0 unspecified atom stereocenters. The van der Waals surface area contributed by atoms with E-state index in [-0.39, 0.29) is 0 Å². The first kappa shape index (κ1) is 12.4. The predicted octanol–water partition coefficient (Wildman–Crippen LogP) is 2.38. The van der Waals surface area contributed by atoms with Crippen LogP contribution in [0.15, 0.2) is 6.33 Å². The van der Waals surface area contributed by atoms with Crippen LogP contribution >= 0.6 is 0 Å². The van der Waals surface area contributed by atoms with Crippen LogP contribution in [0, 0.1) is 11.3 Å². The molecule has 1 saturated carbocycles. The Morgan fingerprint density at radius 3 is 2.89 bits per heavy atom. The fourth-order valence-corrected chi connectivity index (χ4v) is 3.11. The Labute approximate surface area is 112 Å². The largest absolute Gasteiger partial charge is 0.342 e. The molecule has 0 aliphatic heterocycles. The molecule has 0 amide bonds. The Morgan fingerprint density at radius 1 is 1.37 bits per heavy atom. The standard InChI is InChI=1S/C14H21N5/c1-2-11-12-13(17-9-16-12)19(14(15)18-11)8-10-6-4-3-5-7-10/h9-10,15H,2-8H2,1H3,(H,16,17). The quantitative estimate of drug-likeness (QED) is 0.888. The zero-order valence-electron chi connectivity index (χ0n) is 11.4. The van der Waals surface area contributed by atoms with Crippen LogP contribution in [0.25, 0.3) is 11.2 Å². The number of aryl methyl sites for hydroxylation is 1. The van der Waals surface area contributed by atoms with Crippen molar-refractivity contribution in [1.29, 1.82) is 5.41 Å². The summed E-state index contributed by atoms with van der Waals surface area (Å²) in [7, 11) is 0. The molecule has 0 radical (unpaired) electrons. The van der Waals surface area contributed by atoms with Crippen molar-refractivity contribution < 1.29 is 0 Å². The second-order valence-corrected chi connectivity index (χ2v) is 5.45.